The molecule has 2 aromatic carbocycles. The van der Waals surface area contributed by atoms with E-state index in [-0.39, 0.29) is 23.9 Å². The standard InChI is InChI=1S/C27H35N5O5/c1-19(2)28-27(35)32-12-10-30(11-13-32)24-9-6-21(18-23(24)26(34)31-14-16-37-17-15-31)29-25(33)20-4-7-22(36-3)8-5-20/h4-9,18-19H,10-17H2,1-3H3,(H,28,35)(H,29,33). The van der Waals surface area contributed by atoms with Crippen LogP contribution < -0.4 is 20.3 Å². The zero-order chi connectivity index (χ0) is 26.4. The number of morpholine rings is 1. The summed E-state index contributed by atoms with van der Waals surface area (Å²) < 4.78 is 10.6. The molecule has 0 bridgehead atoms. The second-order valence-electron chi connectivity index (χ2n) is 9.40. The molecule has 10 nitrogen and oxygen atoms in total. The second kappa shape index (κ2) is 12.0. The quantitative estimate of drug-likeness (QED) is 0.621. The number of nitrogens with one attached hydrogen (secondary N) is 2. The molecule has 2 aromatic rings. The molecule has 37 heavy (non-hydrogen) atoms. The van der Waals surface area contributed by atoms with E-state index >= 15 is 0 Å². The molecule has 2 aliphatic rings. The molecule has 4 rings (SSSR count). The number of carbonyl (C=O) groups is 3. The van der Waals surface area contributed by atoms with E-state index in [2.05, 4.69) is 15.5 Å². The molecular formula is C27H35N5O5. The van der Waals surface area contributed by atoms with E-state index < -0.39 is 0 Å². The topological polar surface area (TPSA) is 103 Å². The lowest BCUT2D eigenvalue weighted by Gasteiger charge is -2.37. The van der Waals surface area contributed by atoms with Crippen molar-refractivity contribution >= 4 is 29.2 Å². The van der Waals surface area contributed by atoms with Crippen molar-refractivity contribution < 1.29 is 23.9 Å². The van der Waals surface area contributed by atoms with Crippen LogP contribution in [0.1, 0.15) is 34.6 Å². The predicted molar refractivity (Wildman–Crippen MR) is 142 cm³/mol. The summed E-state index contributed by atoms with van der Waals surface area (Å²) in [5, 5.41) is 5.84. The molecule has 0 saturated carbocycles. The highest BCUT2D eigenvalue weighted by Crippen LogP contribution is 2.28. The summed E-state index contributed by atoms with van der Waals surface area (Å²) in [5.41, 5.74) is 2.34. The van der Waals surface area contributed by atoms with Crippen molar-refractivity contribution in [2.75, 3.05) is 69.8 Å². The van der Waals surface area contributed by atoms with Crippen LogP contribution in [-0.4, -0.2) is 93.3 Å². The van der Waals surface area contributed by atoms with E-state index in [1.165, 1.54) is 0 Å². The maximum absolute atomic E-state index is 13.6. The Hall–Kier alpha value is -3.79. The van der Waals surface area contributed by atoms with Crippen LogP contribution in [0.5, 0.6) is 5.75 Å². The van der Waals surface area contributed by atoms with Crippen LogP contribution in [0.25, 0.3) is 0 Å². The molecule has 0 unspecified atom stereocenters. The van der Waals surface area contributed by atoms with Gasteiger partial charge in [0.15, 0.2) is 0 Å². The summed E-state index contributed by atoms with van der Waals surface area (Å²) in [5.74, 6) is 0.296. The molecule has 2 N–H and O–H groups in total. The molecule has 0 aromatic heterocycles. The highest BCUT2D eigenvalue weighted by Gasteiger charge is 2.27. The van der Waals surface area contributed by atoms with E-state index in [0.717, 1.165) is 5.69 Å². The number of nitrogens with zero attached hydrogens (tertiary/aromatic N) is 3. The van der Waals surface area contributed by atoms with Crippen LogP contribution in [0.15, 0.2) is 42.5 Å². The van der Waals surface area contributed by atoms with Crippen molar-refractivity contribution in [2.24, 2.45) is 0 Å². The Morgan fingerprint density at radius 1 is 0.892 bits per heavy atom. The molecule has 10 heteroatoms. The van der Waals surface area contributed by atoms with Crippen molar-refractivity contribution in [3.63, 3.8) is 0 Å². The van der Waals surface area contributed by atoms with Crippen LogP contribution in [-0.2, 0) is 4.74 Å². The third-order valence-electron chi connectivity index (χ3n) is 6.46. The van der Waals surface area contributed by atoms with E-state index in [1.54, 1.807) is 47.2 Å². The molecule has 0 radical (unpaired) electrons. The number of carbonyl (C=O) groups excluding carboxylic acids is 3. The first-order valence-electron chi connectivity index (χ1n) is 12.6. The van der Waals surface area contributed by atoms with Gasteiger partial charge in [-0.3, -0.25) is 9.59 Å². The number of benzene rings is 2. The maximum Gasteiger partial charge on any atom is 0.317 e. The maximum atomic E-state index is 13.6. The monoisotopic (exact) mass is 509 g/mol. The van der Waals surface area contributed by atoms with Gasteiger partial charge < -0.3 is 34.8 Å². The Morgan fingerprint density at radius 3 is 2.19 bits per heavy atom. The summed E-state index contributed by atoms with van der Waals surface area (Å²) in [6.07, 6.45) is 0. The molecule has 2 heterocycles. The minimum absolute atomic E-state index is 0.0731. The summed E-state index contributed by atoms with van der Waals surface area (Å²) >= 11 is 0. The van der Waals surface area contributed by atoms with Gasteiger partial charge >= 0.3 is 6.03 Å². The summed E-state index contributed by atoms with van der Waals surface area (Å²) in [7, 11) is 1.57. The number of rotatable bonds is 6. The third-order valence-corrected chi connectivity index (χ3v) is 6.46. The van der Waals surface area contributed by atoms with E-state index in [1.807, 2.05) is 26.0 Å². The zero-order valence-electron chi connectivity index (χ0n) is 21.7. The number of hydrogen-bond acceptors (Lipinski definition) is 6. The van der Waals surface area contributed by atoms with Crippen LogP contribution in [0.4, 0.5) is 16.2 Å². The molecule has 4 amide bonds. The fourth-order valence-electron chi connectivity index (χ4n) is 4.43. The lowest BCUT2D eigenvalue weighted by Crippen LogP contribution is -2.53. The number of methoxy groups -OCH3 is 1. The van der Waals surface area contributed by atoms with Crippen molar-refractivity contribution in [1.82, 2.24) is 15.1 Å². The lowest BCUT2D eigenvalue weighted by molar-refractivity contribution is 0.0303. The molecule has 0 atom stereocenters. The molecule has 2 fully saturated rings. The molecule has 0 aliphatic carbocycles. The fourth-order valence-corrected chi connectivity index (χ4v) is 4.43. The Labute approximate surface area is 217 Å². The minimum atomic E-state index is -0.273. The van der Waals surface area contributed by atoms with Gasteiger partial charge in [-0.15, -0.1) is 0 Å². The van der Waals surface area contributed by atoms with Gasteiger partial charge in [-0.1, -0.05) is 0 Å². The molecular weight excluding hydrogens is 474 g/mol. The highest BCUT2D eigenvalue weighted by molar-refractivity contribution is 6.06. The first kappa shape index (κ1) is 26.3. The van der Waals surface area contributed by atoms with Gasteiger partial charge in [0, 0.05) is 62.2 Å². The Bertz CT molecular complexity index is 1110. The van der Waals surface area contributed by atoms with Gasteiger partial charge in [0.05, 0.1) is 25.9 Å². The van der Waals surface area contributed by atoms with Crippen LogP contribution >= 0.6 is 0 Å². The van der Waals surface area contributed by atoms with E-state index in [4.69, 9.17) is 9.47 Å². The van der Waals surface area contributed by atoms with E-state index in [0.29, 0.717) is 75.0 Å². The number of ether oxygens (including phenoxy) is 2. The van der Waals surface area contributed by atoms with Crippen molar-refractivity contribution in [3.05, 3.63) is 53.6 Å². The fraction of sp³-hybridized carbons (Fsp3) is 0.444. The molecule has 2 saturated heterocycles. The van der Waals surface area contributed by atoms with Gasteiger partial charge in [0.25, 0.3) is 11.8 Å². The summed E-state index contributed by atoms with van der Waals surface area (Å²) in [4.78, 5) is 44.5. The SMILES string of the molecule is COc1ccc(C(=O)Nc2ccc(N3CCN(C(=O)NC(C)C)CC3)c(C(=O)N3CCOCC3)c2)cc1. The highest BCUT2D eigenvalue weighted by atomic mass is 16.5. The van der Waals surface area contributed by atoms with Gasteiger partial charge in [-0.2, -0.15) is 0 Å². The van der Waals surface area contributed by atoms with Gasteiger partial charge in [0.1, 0.15) is 5.75 Å². The molecule has 0 spiro atoms. The van der Waals surface area contributed by atoms with Crippen LogP contribution in [0.2, 0.25) is 0 Å². The Balaban J connectivity index is 1.54. The first-order chi connectivity index (χ1) is 17.9. The third kappa shape index (κ3) is 6.51. The summed E-state index contributed by atoms with van der Waals surface area (Å²) in [6.45, 7) is 8.22. The largest absolute Gasteiger partial charge is 0.497 e. The number of hydrogen-bond donors (Lipinski definition) is 2. The average molecular weight is 510 g/mol. The number of amides is 4. The normalized spacial score (nSPS) is 15.9. The van der Waals surface area contributed by atoms with Gasteiger partial charge in [0.2, 0.25) is 0 Å². The predicted octanol–water partition coefficient (Wildman–Crippen LogP) is 2.66. The van der Waals surface area contributed by atoms with Crippen molar-refractivity contribution in [1.29, 1.82) is 0 Å². The van der Waals surface area contributed by atoms with Crippen molar-refractivity contribution in [3.8, 4) is 5.75 Å². The summed E-state index contributed by atoms with van der Waals surface area (Å²) in [6, 6.07) is 12.3. The van der Waals surface area contributed by atoms with E-state index in [9.17, 15) is 14.4 Å². The van der Waals surface area contributed by atoms with Crippen LogP contribution in [0.3, 0.4) is 0 Å². The van der Waals surface area contributed by atoms with Gasteiger partial charge in [-0.05, 0) is 56.3 Å². The molecule has 198 valence electrons. The Morgan fingerprint density at radius 2 is 1.57 bits per heavy atom. The zero-order valence-corrected chi connectivity index (χ0v) is 21.7. The Kier molecular flexibility index (Phi) is 8.50. The minimum Gasteiger partial charge on any atom is -0.497 e. The number of urea groups is 1. The average Bonchev–Trinajstić information content (AvgIpc) is 2.93. The lowest BCUT2D eigenvalue weighted by atomic mass is 10.1. The number of anilines is 2. The second-order valence-corrected chi connectivity index (χ2v) is 9.40. The first-order valence-corrected chi connectivity index (χ1v) is 12.6. The molecule has 2 aliphatic heterocycles. The van der Waals surface area contributed by atoms with Crippen molar-refractivity contribution in [2.45, 2.75) is 19.9 Å². The smallest absolute Gasteiger partial charge is 0.317 e. The van der Waals surface area contributed by atoms with Gasteiger partial charge in [-0.25, -0.2) is 4.79 Å². The number of piperazine rings is 1. The van der Waals surface area contributed by atoms with Crippen LogP contribution in [0, 0.1) is 0 Å².